The van der Waals surface area contributed by atoms with E-state index in [2.05, 4.69) is 26.6 Å². The number of anilines is 1. The van der Waals surface area contributed by atoms with Gasteiger partial charge in [0.25, 0.3) is 0 Å². The summed E-state index contributed by atoms with van der Waals surface area (Å²) in [5, 5.41) is 5.87. The van der Waals surface area contributed by atoms with Crippen molar-refractivity contribution >= 4 is 27.6 Å². The molecule has 0 bridgehead atoms. The summed E-state index contributed by atoms with van der Waals surface area (Å²) in [6.45, 7) is 0. The molecule has 2 N–H and O–H groups in total. The quantitative estimate of drug-likeness (QED) is 0.854. The van der Waals surface area contributed by atoms with Gasteiger partial charge in [-0.1, -0.05) is 41.3 Å². The van der Waals surface area contributed by atoms with Crippen LogP contribution in [-0.2, 0) is 0 Å². The molecule has 1 aliphatic carbocycles. The molecule has 0 aromatic heterocycles. The Labute approximate surface area is 110 Å². The van der Waals surface area contributed by atoms with Crippen molar-refractivity contribution in [1.82, 2.24) is 5.32 Å². The predicted molar refractivity (Wildman–Crippen MR) is 73.2 cm³/mol. The maximum atomic E-state index is 11.8. The van der Waals surface area contributed by atoms with E-state index in [-0.39, 0.29) is 6.03 Å². The lowest BCUT2D eigenvalue weighted by Gasteiger charge is -2.22. The van der Waals surface area contributed by atoms with Gasteiger partial charge < -0.3 is 10.6 Å². The fourth-order valence-corrected chi connectivity index (χ4v) is 2.56. The maximum absolute atomic E-state index is 11.8. The second kappa shape index (κ2) is 6.05. The van der Waals surface area contributed by atoms with Crippen LogP contribution in [0.1, 0.15) is 32.1 Å². The van der Waals surface area contributed by atoms with Crippen LogP contribution in [0, 0.1) is 0 Å². The van der Waals surface area contributed by atoms with Crippen molar-refractivity contribution in [2.24, 2.45) is 0 Å². The van der Waals surface area contributed by atoms with Crippen LogP contribution in [0.25, 0.3) is 0 Å². The van der Waals surface area contributed by atoms with Gasteiger partial charge in [-0.15, -0.1) is 0 Å². The number of amides is 2. The first kappa shape index (κ1) is 12.4. The normalized spacial score (nSPS) is 16.5. The van der Waals surface area contributed by atoms with Gasteiger partial charge in [-0.25, -0.2) is 4.79 Å². The van der Waals surface area contributed by atoms with Crippen LogP contribution >= 0.6 is 15.9 Å². The van der Waals surface area contributed by atoms with E-state index in [0.717, 1.165) is 23.0 Å². The van der Waals surface area contributed by atoms with Crippen LogP contribution in [0.3, 0.4) is 0 Å². The third-order valence-electron chi connectivity index (χ3n) is 3.02. The molecule has 1 aromatic carbocycles. The van der Waals surface area contributed by atoms with Crippen LogP contribution in [0.5, 0.6) is 0 Å². The lowest BCUT2D eigenvalue weighted by Crippen LogP contribution is -2.38. The second-order valence-corrected chi connectivity index (χ2v) is 5.36. The number of nitrogens with one attached hydrogen (secondary N) is 2. The standard InChI is InChI=1S/C13H17BrN2O/c14-10-5-4-8-12(9-10)16-13(17)15-11-6-2-1-3-7-11/h4-5,8-9,11H,1-3,6-7H2,(H2,15,16,17). The minimum absolute atomic E-state index is 0.102. The number of benzene rings is 1. The number of carbonyl (C=O) groups excluding carboxylic acids is 1. The van der Waals surface area contributed by atoms with Crippen LogP contribution in [-0.4, -0.2) is 12.1 Å². The monoisotopic (exact) mass is 296 g/mol. The van der Waals surface area contributed by atoms with Gasteiger partial charge in [0.1, 0.15) is 0 Å². The zero-order valence-electron chi connectivity index (χ0n) is 9.71. The molecule has 0 aliphatic heterocycles. The summed E-state index contributed by atoms with van der Waals surface area (Å²) < 4.78 is 0.966. The van der Waals surface area contributed by atoms with Crippen molar-refractivity contribution < 1.29 is 4.79 Å². The SMILES string of the molecule is O=C(Nc1cccc(Br)c1)NC1CCCCC1. The Hall–Kier alpha value is -1.03. The average Bonchev–Trinajstić information content (AvgIpc) is 2.30. The van der Waals surface area contributed by atoms with E-state index in [9.17, 15) is 4.79 Å². The molecule has 1 saturated carbocycles. The Bertz CT molecular complexity index is 389. The summed E-state index contributed by atoms with van der Waals surface area (Å²) in [4.78, 5) is 11.8. The highest BCUT2D eigenvalue weighted by Gasteiger charge is 2.15. The highest BCUT2D eigenvalue weighted by Crippen LogP contribution is 2.18. The number of urea groups is 1. The third-order valence-corrected chi connectivity index (χ3v) is 3.52. The summed E-state index contributed by atoms with van der Waals surface area (Å²) in [6.07, 6.45) is 5.95. The summed E-state index contributed by atoms with van der Waals surface area (Å²) in [5.41, 5.74) is 0.813. The molecule has 3 nitrogen and oxygen atoms in total. The first-order chi connectivity index (χ1) is 8.24. The largest absolute Gasteiger partial charge is 0.335 e. The molecule has 0 saturated heterocycles. The Morgan fingerprint density at radius 3 is 2.71 bits per heavy atom. The lowest BCUT2D eigenvalue weighted by molar-refractivity contribution is 0.244. The molecule has 0 heterocycles. The van der Waals surface area contributed by atoms with E-state index < -0.39 is 0 Å². The maximum Gasteiger partial charge on any atom is 0.319 e. The van der Waals surface area contributed by atoms with Crippen molar-refractivity contribution in [3.05, 3.63) is 28.7 Å². The number of rotatable bonds is 2. The molecule has 4 heteroatoms. The Morgan fingerprint density at radius 1 is 1.24 bits per heavy atom. The molecule has 1 aromatic rings. The molecule has 2 amide bonds. The molecule has 92 valence electrons. The predicted octanol–water partition coefficient (Wildman–Crippen LogP) is 3.90. The van der Waals surface area contributed by atoms with Crippen molar-refractivity contribution in [3.8, 4) is 0 Å². The van der Waals surface area contributed by atoms with E-state index in [1.807, 2.05) is 24.3 Å². The van der Waals surface area contributed by atoms with Crippen molar-refractivity contribution in [2.75, 3.05) is 5.32 Å². The summed E-state index contributed by atoms with van der Waals surface area (Å²) in [6, 6.07) is 7.85. The average molecular weight is 297 g/mol. The molecule has 0 atom stereocenters. The molecule has 0 spiro atoms. The fraction of sp³-hybridized carbons (Fsp3) is 0.462. The topological polar surface area (TPSA) is 41.1 Å². The Kier molecular flexibility index (Phi) is 4.42. The zero-order valence-corrected chi connectivity index (χ0v) is 11.3. The highest BCUT2D eigenvalue weighted by atomic mass is 79.9. The van der Waals surface area contributed by atoms with E-state index in [4.69, 9.17) is 0 Å². The first-order valence-corrected chi connectivity index (χ1v) is 6.86. The van der Waals surface area contributed by atoms with Crippen molar-refractivity contribution in [2.45, 2.75) is 38.1 Å². The number of halogens is 1. The zero-order chi connectivity index (χ0) is 12.1. The van der Waals surface area contributed by atoms with E-state index in [1.54, 1.807) is 0 Å². The van der Waals surface area contributed by atoms with Gasteiger partial charge in [0, 0.05) is 16.2 Å². The number of hydrogen-bond acceptors (Lipinski definition) is 1. The molecule has 0 radical (unpaired) electrons. The summed E-state index contributed by atoms with van der Waals surface area (Å²) in [7, 11) is 0. The minimum Gasteiger partial charge on any atom is -0.335 e. The van der Waals surface area contributed by atoms with Gasteiger partial charge in [-0.05, 0) is 31.0 Å². The molecular weight excluding hydrogens is 280 g/mol. The van der Waals surface area contributed by atoms with Gasteiger partial charge in [0.2, 0.25) is 0 Å². The molecule has 0 unspecified atom stereocenters. The van der Waals surface area contributed by atoms with Gasteiger partial charge in [0.05, 0.1) is 0 Å². The van der Waals surface area contributed by atoms with Crippen molar-refractivity contribution in [3.63, 3.8) is 0 Å². The summed E-state index contributed by atoms with van der Waals surface area (Å²) in [5.74, 6) is 0. The first-order valence-electron chi connectivity index (χ1n) is 6.07. The fourth-order valence-electron chi connectivity index (χ4n) is 2.17. The lowest BCUT2D eigenvalue weighted by atomic mass is 9.96. The molecular formula is C13H17BrN2O. The van der Waals surface area contributed by atoms with Gasteiger partial charge >= 0.3 is 6.03 Å². The number of carbonyl (C=O) groups is 1. The molecule has 1 aliphatic rings. The van der Waals surface area contributed by atoms with Gasteiger partial charge in [-0.2, -0.15) is 0 Å². The van der Waals surface area contributed by atoms with E-state index >= 15 is 0 Å². The minimum atomic E-state index is -0.102. The van der Waals surface area contributed by atoms with Crippen LogP contribution in [0.2, 0.25) is 0 Å². The van der Waals surface area contributed by atoms with Crippen LogP contribution in [0.15, 0.2) is 28.7 Å². The van der Waals surface area contributed by atoms with Crippen molar-refractivity contribution in [1.29, 1.82) is 0 Å². The molecule has 2 rings (SSSR count). The molecule has 1 fully saturated rings. The van der Waals surface area contributed by atoms with Gasteiger partial charge in [-0.3, -0.25) is 0 Å². The Balaban J connectivity index is 1.84. The third kappa shape index (κ3) is 4.04. The molecule has 17 heavy (non-hydrogen) atoms. The second-order valence-electron chi connectivity index (χ2n) is 4.44. The smallest absolute Gasteiger partial charge is 0.319 e. The van der Waals surface area contributed by atoms with Crippen LogP contribution in [0.4, 0.5) is 10.5 Å². The van der Waals surface area contributed by atoms with Crippen LogP contribution < -0.4 is 10.6 Å². The van der Waals surface area contributed by atoms with E-state index in [1.165, 1.54) is 19.3 Å². The Morgan fingerprint density at radius 2 is 2.00 bits per heavy atom. The van der Waals surface area contributed by atoms with E-state index in [0.29, 0.717) is 6.04 Å². The van der Waals surface area contributed by atoms with Gasteiger partial charge in [0.15, 0.2) is 0 Å². The summed E-state index contributed by atoms with van der Waals surface area (Å²) >= 11 is 3.38. The highest BCUT2D eigenvalue weighted by molar-refractivity contribution is 9.10. The number of hydrogen-bond donors (Lipinski definition) is 2.